The van der Waals surface area contributed by atoms with Crippen LogP contribution in [0.3, 0.4) is 0 Å². The molecule has 0 atom stereocenters. The van der Waals surface area contributed by atoms with Gasteiger partial charge in [0.05, 0.1) is 0 Å². The topological polar surface area (TPSA) is 38.0 Å². The Bertz CT molecular complexity index is 381. The average Bonchev–Trinajstić information content (AvgIpc) is 3.18. The Morgan fingerprint density at radius 2 is 2.06 bits per heavy atom. The van der Waals surface area contributed by atoms with E-state index in [1.807, 2.05) is 0 Å². The van der Waals surface area contributed by atoms with Crippen molar-refractivity contribution >= 4 is 5.69 Å². The summed E-state index contributed by atoms with van der Waals surface area (Å²) in [5.41, 5.74) is 9.89. The van der Waals surface area contributed by atoms with E-state index in [0.717, 1.165) is 31.8 Å². The second kappa shape index (κ2) is 6.24. The summed E-state index contributed by atoms with van der Waals surface area (Å²) in [7, 11) is 0. The summed E-state index contributed by atoms with van der Waals surface area (Å²) in [5, 5.41) is 3.51. The summed E-state index contributed by atoms with van der Waals surface area (Å²) >= 11 is 0. The predicted octanol–water partition coefficient (Wildman–Crippen LogP) is 3.84. The molecule has 3 N–H and O–H groups in total. The lowest BCUT2D eigenvalue weighted by atomic mass is 9.94. The molecule has 0 heterocycles. The maximum atomic E-state index is 5.51. The SMILES string of the molecule is CC(C)c1ccc(NCCCCN)cc1C1CC1. The number of benzene rings is 1. The van der Waals surface area contributed by atoms with E-state index < -0.39 is 0 Å². The molecule has 1 aromatic rings. The molecule has 0 aliphatic heterocycles. The van der Waals surface area contributed by atoms with Crippen LogP contribution in [0.2, 0.25) is 0 Å². The third-order valence-corrected chi connectivity index (χ3v) is 3.69. The molecule has 1 aliphatic rings. The van der Waals surface area contributed by atoms with E-state index in [2.05, 4.69) is 37.4 Å². The zero-order chi connectivity index (χ0) is 13.0. The summed E-state index contributed by atoms with van der Waals surface area (Å²) in [6, 6.07) is 6.91. The maximum absolute atomic E-state index is 5.51. The molecule has 2 nitrogen and oxygen atoms in total. The van der Waals surface area contributed by atoms with Crippen molar-refractivity contribution in [2.45, 2.75) is 51.4 Å². The van der Waals surface area contributed by atoms with Crippen molar-refractivity contribution < 1.29 is 0 Å². The van der Waals surface area contributed by atoms with Gasteiger partial charge in [-0.1, -0.05) is 19.9 Å². The number of rotatable bonds is 7. The minimum atomic E-state index is 0.631. The van der Waals surface area contributed by atoms with Crippen LogP contribution in [0.25, 0.3) is 0 Å². The van der Waals surface area contributed by atoms with Crippen LogP contribution in [0.1, 0.15) is 62.5 Å². The molecule has 0 radical (unpaired) electrons. The molecular weight excluding hydrogens is 220 g/mol. The van der Waals surface area contributed by atoms with E-state index >= 15 is 0 Å². The molecule has 0 aromatic heterocycles. The van der Waals surface area contributed by atoms with Gasteiger partial charge in [-0.15, -0.1) is 0 Å². The van der Waals surface area contributed by atoms with Crippen LogP contribution in [0.4, 0.5) is 5.69 Å². The van der Waals surface area contributed by atoms with Crippen molar-refractivity contribution in [3.8, 4) is 0 Å². The first-order chi connectivity index (χ1) is 8.72. The Balaban J connectivity index is 2.01. The molecule has 100 valence electrons. The first-order valence-corrected chi connectivity index (χ1v) is 7.30. The van der Waals surface area contributed by atoms with Gasteiger partial charge in [0, 0.05) is 12.2 Å². The first kappa shape index (κ1) is 13.4. The van der Waals surface area contributed by atoms with Gasteiger partial charge in [-0.3, -0.25) is 0 Å². The number of unbranched alkanes of at least 4 members (excludes halogenated alkanes) is 1. The number of nitrogens with two attached hydrogens (primary N) is 1. The van der Waals surface area contributed by atoms with Crippen LogP contribution in [-0.4, -0.2) is 13.1 Å². The molecule has 2 heteroatoms. The highest BCUT2D eigenvalue weighted by atomic mass is 14.9. The number of hydrogen-bond acceptors (Lipinski definition) is 2. The van der Waals surface area contributed by atoms with Crippen LogP contribution in [-0.2, 0) is 0 Å². The minimum Gasteiger partial charge on any atom is -0.385 e. The van der Waals surface area contributed by atoms with E-state index in [1.54, 1.807) is 5.56 Å². The highest BCUT2D eigenvalue weighted by Gasteiger charge is 2.26. The van der Waals surface area contributed by atoms with E-state index in [1.165, 1.54) is 24.1 Å². The second-order valence-corrected chi connectivity index (χ2v) is 5.70. The molecule has 1 saturated carbocycles. The van der Waals surface area contributed by atoms with Crippen LogP contribution in [0.5, 0.6) is 0 Å². The number of hydrogen-bond donors (Lipinski definition) is 2. The Morgan fingerprint density at radius 1 is 1.28 bits per heavy atom. The third-order valence-electron chi connectivity index (χ3n) is 3.69. The van der Waals surface area contributed by atoms with Gasteiger partial charge in [-0.05, 0) is 67.3 Å². The monoisotopic (exact) mass is 246 g/mol. The Morgan fingerprint density at radius 3 is 2.67 bits per heavy atom. The molecule has 2 rings (SSSR count). The Kier molecular flexibility index (Phi) is 4.65. The molecule has 0 saturated heterocycles. The van der Waals surface area contributed by atoms with Gasteiger partial charge in [0.2, 0.25) is 0 Å². The quantitative estimate of drug-likeness (QED) is 0.717. The highest BCUT2D eigenvalue weighted by Crippen LogP contribution is 2.44. The summed E-state index contributed by atoms with van der Waals surface area (Å²) in [4.78, 5) is 0. The fourth-order valence-corrected chi connectivity index (χ4v) is 2.46. The van der Waals surface area contributed by atoms with Gasteiger partial charge in [0.1, 0.15) is 0 Å². The predicted molar refractivity (Wildman–Crippen MR) is 79.3 cm³/mol. The van der Waals surface area contributed by atoms with E-state index in [-0.39, 0.29) is 0 Å². The fraction of sp³-hybridized carbons (Fsp3) is 0.625. The summed E-state index contributed by atoms with van der Waals surface area (Å²) in [6.45, 7) is 6.40. The zero-order valence-electron chi connectivity index (χ0n) is 11.7. The molecule has 1 fully saturated rings. The van der Waals surface area contributed by atoms with Crippen LogP contribution >= 0.6 is 0 Å². The van der Waals surface area contributed by atoms with Crippen LogP contribution in [0.15, 0.2) is 18.2 Å². The lowest BCUT2D eigenvalue weighted by Gasteiger charge is -2.15. The smallest absolute Gasteiger partial charge is 0.0343 e. The lowest BCUT2D eigenvalue weighted by molar-refractivity contribution is 0.773. The molecule has 0 unspecified atom stereocenters. The second-order valence-electron chi connectivity index (χ2n) is 5.70. The van der Waals surface area contributed by atoms with Crippen molar-refractivity contribution in [3.05, 3.63) is 29.3 Å². The number of anilines is 1. The van der Waals surface area contributed by atoms with Crippen molar-refractivity contribution in [3.63, 3.8) is 0 Å². The fourth-order valence-electron chi connectivity index (χ4n) is 2.46. The molecule has 0 spiro atoms. The average molecular weight is 246 g/mol. The maximum Gasteiger partial charge on any atom is 0.0343 e. The summed E-state index contributed by atoms with van der Waals surface area (Å²) in [5.74, 6) is 1.46. The van der Waals surface area contributed by atoms with Crippen LogP contribution < -0.4 is 11.1 Å². The van der Waals surface area contributed by atoms with E-state index in [4.69, 9.17) is 5.73 Å². The summed E-state index contributed by atoms with van der Waals surface area (Å²) < 4.78 is 0. The minimum absolute atomic E-state index is 0.631. The zero-order valence-corrected chi connectivity index (χ0v) is 11.7. The van der Waals surface area contributed by atoms with Crippen molar-refractivity contribution in [1.82, 2.24) is 0 Å². The first-order valence-electron chi connectivity index (χ1n) is 7.30. The van der Waals surface area contributed by atoms with Crippen LogP contribution in [0, 0.1) is 0 Å². The van der Waals surface area contributed by atoms with E-state index in [0.29, 0.717) is 5.92 Å². The molecule has 0 bridgehead atoms. The van der Waals surface area contributed by atoms with Gasteiger partial charge in [-0.25, -0.2) is 0 Å². The molecule has 1 aliphatic carbocycles. The van der Waals surface area contributed by atoms with Gasteiger partial charge in [0.15, 0.2) is 0 Å². The molecule has 0 amide bonds. The van der Waals surface area contributed by atoms with Gasteiger partial charge < -0.3 is 11.1 Å². The van der Waals surface area contributed by atoms with Crippen molar-refractivity contribution in [2.24, 2.45) is 5.73 Å². The summed E-state index contributed by atoms with van der Waals surface area (Å²) in [6.07, 6.45) is 5.00. The normalized spacial score (nSPS) is 15.1. The van der Waals surface area contributed by atoms with Crippen molar-refractivity contribution in [1.29, 1.82) is 0 Å². The van der Waals surface area contributed by atoms with Gasteiger partial charge in [0.25, 0.3) is 0 Å². The Hall–Kier alpha value is -1.02. The van der Waals surface area contributed by atoms with E-state index in [9.17, 15) is 0 Å². The molecule has 18 heavy (non-hydrogen) atoms. The highest BCUT2D eigenvalue weighted by molar-refractivity contribution is 5.51. The molecule has 1 aromatic carbocycles. The van der Waals surface area contributed by atoms with Crippen molar-refractivity contribution in [2.75, 3.05) is 18.4 Å². The standard InChI is InChI=1S/C16H26N2/c1-12(2)15-8-7-14(18-10-4-3-9-17)11-16(15)13-5-6-13/h7-8,11-13,18H,3-6,9-10,17H2,1-2H3. The Labute approximate surface area is 111 Å². The van der Waals surface area contributed by atoms with Gasteiger partial charge >= 0.3 is 0 Å². The molecular formula is C16H26N2. The van der Waals surface area contributed by atoms with Gasteiger partial charge in [-0.2, -0.15) is 0 Å². The lowest BCUT2D eigenvalue weighted by Crippen LogP contribution is -2.06. The number of nitrogens with one attached hydrogen (secondary N) is 1. The third kappa shape index (κ3) is 3.49. The largest absolute Gasteiger partial charge is 0.385 e.